The normalized spacial score (nSPS) is 17.8. The van der Waals surface area contributed by atoms with Crippen LogP contribution in [0.15, 0.2) is 85.2 Å². The predicted octanol–water partition coefficient (Wildman–Crippen LogP) is 6.01. The maximum absolute atomic E-state index is 14.8. The van der Waals surface area contributed by atoms with Crippen molar-refractivity contribution < 1.29 is 24.2 Å². The van der Waals surface area contributed by atoms with Gasteiger partial charge in [0.2, 0.25) is 0 Å². The molecule has 0 bridgehead atoms. The summed E-state index contributed by atoms with van der Waals surface area (Å²) in [5, 5.41) is 15.1. The topological polar surface area (TPSA) is 105 Å². The number of aromatic hydroxyl groups is 1. The summed E-state index contributed by atoms with van der Waals surface area (Å²) in [6.45, 7) is 7.33. The van der Waals surface area contributed by atoms with Gasteiger partial charge < -0.3 is 24.0 Å². The molecule has 0 unspecified atom stereocenters. The number of fused-ring (bicyclic) bond motifs is 1. The largest absolute Gasteiger partial charge is 0.508 e. The van der Waals surface area contributed by atoms with Gasteiger partial charge in [-0.2, -0.15) is 5.10 Å². The molecule has 2 aromatic heterocycles. The summed E-state index contributed by atoms with van der Waals surface area (Å²) in [6, 6.07) is 22.2. The second kappa shape index (κ2) is 14.2. The minimum Gasteiger partial charge on any atom is -0.508 e. The Bertz CT molecular complexity index is 2120. The van der Waals surface area contributed by atoms with Gasteiger partial charge in [0.1, 0.15) is 5.75 Å². The first-order valence-electron chi connectivity index (χ1n) is 17.6. The molecule has 0 aliphatic carbocycles. The van der Waals surface area contributed by atoms with E-state index in [1.165, 1.54) is 5.56 Å². The summed E-state index contributed by atoms with van der Waals surface area (Å²) in [4.78, 5) is 35.5. The van der Waals surface area contributed by atoms with Crippen LogP contribution >= 0.6 is 11.6 Å². The summed E-state index contributed by atoms with van der Waals surface area (Å²) >= 11 is 6.64. The van der Waals surface area contributed by atoms with Crippen LogP contribution in [0.2, 0.25) is 5.02 Å². The first kappa shape index (κ1) is 34.2. The Morgan fingerprint density at radius 2 is 1.69 bits per heavy atom. The number of phenolic OH excluding ortho intramolecular Hbond substituents is 1. The second-order valence-corrected chi connectivity index (χ2v) is 14.2. The van der Waals surface area contributed by atoms with Crippen LogP contribution in [0, 0.1) is 6.92 Å². The Labute approximate surface area is 307 Å². The van der Waals surface area contributed by atoms with Gasteiger partial charge in [-0.3, -0.25) is 24.1 Å². The number of amides is 2. The number of carbonyl (C=O) groups excluding carboxylic acids is 2. The molecule has 2 amide bonds. The molecule has 2 fully saturated rings. The van der Waals surface area contributed by atoms with Gasteiger partial charge in [-0.1, -0.05) is 35.9 Å². The molecule has 3 aliphatic heterocycles. The lowest BCUT2D eigenvalue weighted by atomic mass is 9.92. The number of halogens is 1. The van der Waals surface area contributed by atoms with E-state index in [-0.39, 0.29) is 29.6 Å². The second-order valence-electron chi connectivity index (χ2n) is 13.8. The SMILES string of the molecule is Cc1c(C(=O)N(c2ccc(O)cc2)c2cnn(C3COC3)c2)cc(-c2cc(Cl)ccc2C(=O)N2Cc3ccccc3C[C@H]2CN2CCOCC2)n1C. The first-order valence-corrected chi connectivity index (χ1v) is 18.0. The molecule has 1 N–H and O–H groups in total. The van der Waals surface area contributed by atoms with Crippen molar-refractivity contribution in [2.45, 2.75) is 32.0 Å². The molecule has 52 heavy (non-hydrogen) atoms. The summed E-state index contributed by atoms with van der Waals surface area (Å²) in [6.07, 6.45) is 4.27. The van der Waals surface area contributed by atoms with Gasteiger partial charge in [0, 0.05) is 78.7 Å². The fourth-order valence-corrected chi connectivity index (χ4v) is 7.61. The third-order valence-electron chi connectivity index (χ3n) is 10.6. The molecular formula is C40H41ClN6O5. The molecule has 0 spiro atoms. The third-order valence-corrected chi connectivity index (χ3v) is 10.8. The van der Waals surface area contributed by atoms with Crippen LogP contribution in [0.3, 0.4) is 0 Å². The number of benzene rings is 3. The predicted molar refractivity (Wildman–Crippen MR) is 198 cm³/mol. The summed E-state index contributed by atoms with van der Waals surface area (Å²) < 4.78 is 14.7. The number of rotatable bonds is 8. The van der Waals surface area contributed by atoms with Crippen LogP contribution in [-0.2, 0) is 29.5 Å². The Kier molecular flexibility index (Phi) is 9.35. The van der Waals surface area contributed by atoms with Crippen LogP contribution < -0.4 is 4.90 Å². The van der Waals surface area contributed by atoms with E-state index in [4.69, 9.17) is 21.1 Å². The number of nitrogens with zero attached hydrogens (tertiary/aromatic N) is 6. The minimum atomic E-state index is -0.275. The summed E-state index contributed by atoms with van der Waals surface area (Å²) in [5.41, 5.74) is 6.63. The fourth-order valence-electron chi connectivity index (χ4n) is 7.44. The zero-order chi connectivity index (χ0) is 35.9. The third kappa shape index (κ3) is 6.49. The molecule has 2 saturated heterocycles. The highest BCUT2D eigenvalue weighted by atomic mass is 35.5. The zero-order valence-corrected chi connectivity index (χ0v) is 30.0. The molecule has 5 aromatic rings. The van der Waals surface area contributed by atoms with E-state index in [1.807, 2.05) is 52.5 Å². The van der Waals surface area contributed by atoms with Crippen molar-refractivity contribution >= 4 is 34.8 Å². The Hall–Kier alpha value is -4.94. The first-order chi connectivity index (χ1) is 25.2. The highest BCUT2D eigenvalue weighted by molar-refractivity contribution is 6.31. The Morgan fingerprint density at radius 1 is 0.942 bits per heavy atom. The number of anilines is 2. The molecule has 0 saturated carbocycles. The zero-order valence-electron chi connectivity index (χ0n) is 29.2. The molecule has 3 aromatic carbocycles. The van der Waals surface area contributed by atoms with Gasteiger partial charge in [-0.05, 0) is 73.0 Å². The van der Waals surface area contributed by atoms with Crippen molar-refractivity contribution in [3.8, 4) is 17.0 Å². The lowest BCUT2D eigenvalue weighted by Gasteiger charge is -2.40. The smallest absolute Gasteiger partial charge is 0.264 e. The van der Waals surface area contributed by atoms with Gasteiger partial charge in [-0.25, -0.2) is 0 Å². The van der Waals surface area contributed by atoms with Gasteiger partial charge in [-0.15, -0.1) is 0 Å². The van der Waals surface area contributed by atoms with Crippen LogP contribution in [0.25, 0.3) is 11.3 Å². The van der Waals surface area contributed by atoms with Gasteiger partial charge >= 0.3 is 0 Å². The maximum Gasteiger partial charge on any atom is 0.264 e. The van der Waals surface area contributed by atoms with E-state index in [2.05, 4.69) is 28.2 Å². The van der Waals surface area contributed by atoms with Crippen molar-refractivity contribution in [3.05, 3.63) is 118 Å². The van der Waals surface area contributed by atoms with Crippen molar-refractivity contribution in [2.75, 3.05) is 51.0 Å². The maximum atomic E-state index is 14.8. The van der Waals surface area contributed by atoms with Gasteiger partial charge in [0.15, 0.2) is 0 Å². The van der Waals surface area contributed by atoms with Gasteiger partial charge in [0.05, 0.1) is 49.9 Å². The number of hydrogen-bond acceptors (Lipinski definition) is 7. The number of morpholine rings is 1. The molecule has 11 nitrogen and oxygen atoms in total. The van der Waals surface area contributed by atoms with Crippen LogP contribution in [0.5, 0.6) is 5.75 Å². The number of ether oxygens (including phenoxy) is 2. The van der Waals surface area contributed by atoms with Crippen molar-refractivity contribution in [3.63, 3.8) is 0 Å². The average molecular weight is 721 g/mol. The molecule has 8 rings (SSSR count). The molecule has 3 aliphatic rings. The highest BCUT2D eigenvalue weighted by Crippen LogP contribution is 2.36. The number of carbonyl (C=O) groups is 2. The van der Waals surface area contributed by atoms with Crippen LogP contribution in [0.1, 0.15) is 43.6 Å². The van der Waals surface area contributed by atoms with E-state index in [1.54, 1.807) is 47.5 Å². The summed E-state index contributed by atoms with van der Waals surface area (Å²) in [7, 11) is 1.90. The molecule has 5 heterocycles. The molecule has 1 atom stereocenters. The number of phenols is 1. The van der Waals surface area contributed by atoms with Crippen molar-refractivity contribution in [1.29, 1.82) is 0 Å². The highest BCUT2D eigenvalue weighted by Gasteiger charge is 2.34. The quantitative estimate of drug-likeness (QED) is 0.210. The molecule has 0 radical (unpaired) electrons. The van der Waals surface area contributed by atoms with E-state index in [9.17, 15) is 14.7 Å². The summed E-state index contributed by atoms with van der Waals surface area (Å²) in [5.74, 6) is -0.258. The van der Waals surface area contributed by atoms with E-state index in [0.717, 1.165) is 37.3 Å². The van der Waals surface area contributed by atoms with Crippen molar-refractivity contribution in [2.24, 2.45) is 7.05 Å². The van der Waals surface area contributed by atoms with Gasteiger partial charge in [0.25, 0.3) is 11.8 Å². The number of aromatic nitrogens is 3. The Morgan fingerprint density at radius 3 is 2.42 bits per heavy atom. The fraction of sp³-hybridized carbons (Fsp3) is 0.325. The van der Waals surface area contributed by atoms with Crippen molar-refractivity contribution in [1.82, 2.24) is 24.1 Å². The number of hydrogen-bond donors (Lipinski definition) is 1. The molecular weight excluding hydrogens is 680 g/mol. The van der Waals surface area contributed by atoms with E-state index < -0.39 is 0 Å². The lowest BCUT2D eigenvalue weighted by molar-refractivity contribution is -0.0286. The van der Waals surface area contributed by atoms with E-state index >= 15 is 0 Å². The molecule has 268 valence electrons. The standard InChI is InChI=1S/C40H41ClN6O5/c1-26-36(40(50)47(30-8-10-34(48)11-9-30)32-20-42-46(23-32)33-24-52-25-33)19-38(43(26)2)37-18-29(41)7-12-35(37)39(49)45-21-28-6-4-3-5-27(28)17-31(45)22-44-13-15-51-16-14-44/h3-12,18-20,23,31,33,48H,13-17,21-22,24-25H2,1-2H3/t31-/m0/s1. The lowest BCUT2D eigenvalue weighted by Crippen LogP contribution is -2.52. The van der Waals surface area contributed by atoms with E-state index in [0.29, 0.717) is 71.8 Å². The van der Waals surface area contributed by atoms with Crippen LogP contribution in [0.4, 0.5) is 11.4 Å². The van der Waals surface area contributed by atoms with Crippen LogP contribution in [-0.4, -0.2) is 93.2 Å². The minimum absolute atomic E-state index is 0.0254. The Balaban J connectivity index is 1.16. The monoisotopic (exact) mass is 720 g/mol. The average Bonchev–Trinajstić information content (AvgIpc) is 3.72. The molecule has 12 heteroatoms.